The van der Waals surface area contributed by atoms with Crippen LogP contribution in [0.5, 0.6) is 11.8 Å². The number of hydrogen-bond acceptors (Lipinski definition) is 6. The molecule has 122 valence electrons. The van der Waals surface area contributed by atoms with Gasteiger partial charge in [-0.05, 0) is 32.0 Å². The summed E-state index contributed by atoms with van der Waals surface area (Å²) in [7, 11) is -4.02. The molecule has 1 heterocycles. The Balaban J connectivity index is 2.39. The number of nitrogens with one attached hydrogen (secondary N) is 1. The van der Waals surface area contributed by atoms with Crippen molar-refractivity contribution in [2.45, 2.75) is 32.1 Å². The van der Waals surface area contributed by atoms with E-state index in [-0.39, 0.29) is 23.1 Å². The molecule has 0 radical (unpaired) electrons. The highest BCUT2D eigenvalue weighted by atomic mass is 32.2. The van der Waals surface area contributed by atoms with Gasteiger partial charge in [-0.1, -0.05) is 19.1 Å². The Kier molecular flexibility index (Phi) is 4.95. The number of ether oxygens (including phenoxy) is 1. The lowest BCUT2D eigenvalue weighted by Crippen LogP contribution is -2.30. The normalized spacial score (nSPS) is 11.1. The molecule has 0 bridgehead atoms. The van der Waals surface area contributed by atoms with E-state index in [1.165, 1.54) is 12.1 Å². The summed E-state index contributed by atoms with van der Waals surface area (Å²) in [5.41, 5.74) is 1.40. The van der Waals surface area contributed by atoms with Gasteiger partial charge in [0.15, 0.2) is 5.75 Å². The van der Waals surface area contributed by atoms with Crippen molar-refractivity contribution in [3.63, 3.8) is 0 Å². The predicted molar refractivity (Wildman–Crippen MR) is 83.6 cm³/mol. The number of sulfonamides is 1. The number of carbonyl (C=O) groups excluding carboxylic acids is 1. The molecule has 0 saturated heterocycles. The van der Waals surface area contributed by atoms with Crippen molar-refractivity contribution in [1.29, 1.82) is 0 Å². The van der Waals surface area contributed by atoms with Gasteiger partial charge in [-0.25, -0.2) is 23.1 Å². The first-order chi connectivity index (χ1) is 10.8. The maximum Gasteiger partial charge on any atom is 0.322 e. The fourth-order valence-corrected chi connectivity index (χ4v) is 3.06. The monoisotopic (exact) mass is 335 g/mol. The number of aromatic nitrogens is 2. The average molecular weight is 335 g/mol. The van der Waals surface area contributed by atoms with Crippen molar-refractivity contribution in [3.05, 3.63) is 41.7 Å². The van der Waals surface area contributed by atoms with Crippen molar-refractivity contribution in [2.24, 2.45) is 0 Å². The lowest BCUT2D eigenvalue weighted by Gasteiger charge is -2.11. The Morgan fingerprint density at radius 2 is 1.78 bits per heavy atom. The van der Waals surface area contributed by atoms with Crippen LogP contribution in [0.1, 0.15) is 24.7 Å². The van der Waals surface area contributed by atoms with Crippen LogP contribution in [-0.2, 0) is 14.8 Å². The average Bonchev–Trinajstić information content (AvgIpc) is 2.46. The van der Waals surface area contributed by atoms with Gasteiger partial charge in [0.1, 0.15) is 4.90 Å². The van der Waals surface area contributed by atoms with Crippen LogP contribution in [0, 0.1) is 13.8 Å². The van der Waals surface area contributed by atoms with E-state index in [2.05, 4.69) is 9.97 Å². The van der Waals surface area contributed by atoms with Crippen molar-refractivity contribution in [3.8, 4) is 11.8 Å². The standard InChI is InChI=1S/C15H17N3O4S/c1-4-14(19)18-23(20,21)13-8-6-5-7-12(13)22-15-16-10(2)9-11(3)17-15/h5-9H,4H2,1-3H3,(H,18,19). The number of amides is 1. The van der Waals surface area contributed by atoms with Crippen molar-refractivity contribution in [1.82, 2.24) is 14.7 Å². The first kappa shape index (κ1) is 16.9. The third-order valence-corrected chi connectivity index (χ3v) is 4.28. The molecule has 2 rings (SSSR count). The fourth-order valence-electron chi connectivity index (χ4n) is 1.87. The number of para-hydroxylation sites is 1. The van der Waals surface area contributed by atoms with Crippen molar-refractivity contribution >= 4 is 15.9 Å². The topological polar surface area (TPSA) is 98.2 Å². The smallest absolute Gasteiger partial charge is 0.322 e. The zero-order chi connectivity index (χ0) is 17.0. The van der Waals surface area contributed by atoms with Crippen LogP contribution in [-0.4, -0.2) is 24.3 Å². The Bertz CT molecular complexity index is 814. The van der Waals surface area contributed by atoms with Crippen LogP contribution < -0.4 is 9.46 Å². The number of benzene rings is 1. The van der Waals surface area contributed by atoms with Crippen LogP contribution in [0.3, 0.4) is 0 Å². The van der Waals surface area contributed by atoms with Gasteiger partial charge in [0.2, 0.25) is 5.91 Å². The van der Waals surface area contributed by atoms with Crippen LogP contribution in [0.4, 0.5) is 0 Å². The first-order valence-corrected chi connectivity index (χ1v) is 8.45. The Labute approximate surface area is 134 Å². The number of carbonyl (C=O) groups is 1. The third kappa shape index (κ3) is 4.26. The zero-order valence-electron chi connectivity index (χ0n) is 13.0. The zero-order valence-corrected chi connectivity index (χ0v) is 13.8. The maximum atomic E-state index is 12.3. The highest BCUT2D eigenvalue weighted by molar-refractivity contribution is 7.90. The molecule has 0 atom stereocenters. The molecule has 8 heteroatoms. The lowest BCUT2D eigenvalue weighted by atomic mass is 10.3. The van der Waals surface area contributed by atoms with Gasteiger partial charge < -0.3 is 4.74 Å². The van der Waals surface area contributed by atoms with E-state index < -0.39 is 15.9 Å². The number of hydrogen-bond donors (Lipinski definition) is 1. The van der Waals surface area contributed by atoms with Crippen molar-refractivity contribution < 1.29 is 17.9 Å². The number of nitrogens with zero attached hydrogens (tertiary/aromatic N) is 2. The predicted octanol–water partition coefficient (Wildman–Crippen LogP) is 2.10. The Morgan fingerprint density at radius 3 is 2.39 bits per heavy atom. The SMILES string of the molecule is CCC(=O)NS(=O)(=O)c1ccccc1Oc1nc(C)cc(C)n1. The van der Waals surface area contributed by atoms with E-state index in [0.29, 0.717) is 11.4 Å². The summed E-state index contributed by atoms with van der Waals surface area (Å²) >= 11 is 0. The second kappa shape index (κ2) is 6.74. The molecule has 0 spiro atoms. The molecule has 1 aromatic heterocycles. The van der Waals surface area contributed by atoms with Gasteiger partial charge >= 0.3 is 6.01 Å². The summed E-state index contributed by atoms with van der Waals surface area (Å²) in [4.78, 5) is 19.5. The van der Waals surface area contributed by atoms with Crippen LogP contribution in [0.2, 0.25) is 0 Å². The molecule has 0 fully saturated rings. The van der Waals surface area contributed by atoms with E-state index in [4.69, 9.17) is 4.74 Å². The van der Waals surface area contributed by atoms with E-state index in [0.717, 1.165) is 0 Å². The maximum absolute atomic E-state index is 12.3. The molecule has 7 nitrogen and oxygen atoms in total. The fraction of sp³-hybridized carbons (Fsp3) is 0.267. The molecule has 1 amide bonds. The molecule has 1 N–H and O–H groups in total. The van der Waals surface area contributed by atoms with Crippen LogP contribution in [0.25, 0.3) is 0 Å². The van der Waals surface area contributed by atoms with Gasteiger partial charge in [0.25, 0.3) is 10.0 Å². The van der Waals surface area contributed by atoms with Gasteiger partial charge in [0.05, 0.1) is 0 Å². The van der Waals surface area contributed by atoms with Gasteiger partial charge in [-0.2, -0.15) is 0 Å². The molecule has 0 unspecified atom stereocenters. The van der Waals surface area contributed by atoms with E-state index in [1.807, 2.05) is 4.72 Å². The van der Waals surface area contributed by atoms with Crippen molar-refractivity contribution in [2.75, 3.05) is 0 Å². The molecule has 1 aromatic carbocycles. The van der Waals surface area contributed by atoms with E-state index in [9.17, 15) is 13.2 Å². The molecule has 2 aromatic rings. The molecular weight excluding hydrogens is 318 g/mol. The van der Waals surface area contributed by atoms with E-state index >= 15 is 0 Å². The minimum atomic E-state index is -4.02. The Hall–Kier alpha value is -2.48. The second-order valence-corrected chi connectivity index (χ2v) is 6.52. The number of aryl methyl sites for hydroxylation is 2. The largest absolute Gasteiger partial charge is 0.423 e. The number of rotatable bonds is 5. The highest BCUT2D eigenvalue weighted by Gasteiger charge is 2.22. The lowest BCUT2D eigenvalue weighted by molar-refractivity contribution is -0.119. The minimum Gasteiger partial charge on any atom is -0.423 e. The second-order valence-electron chi connectivity index (χ2n) is 4.86. The highest BCUT2D eigenvalue weighted by Crippen LogP contribution is 2.27. The molecule has 23 heavy (non-hydrogen) atoms. The summed E-state index contributed by atoms with van der Waals surface area (Å²) in [5, 5.41) is 0. The molecule has 0 saturated carbocycles. The van der Waals surface area contributed by atoms with Crippen LogP contribution >= 0.6 is 0 Å². The summed E-state index contributed by atoms with van der Waals surface area (Å²) in [6, 6.07) is 7.82. The molecule has 0 aliphatic rings. The summed E-state index contributed by atoms with van der Waals surface area (Å²) in [5.74, 6) is -0.545. The van der Waals surface area contributed by atoms with Gasteiger partial charge in [-0.3, -0.25) is 4.79 Å². The van der Waals surface area contributed by atoms with Crippen LogP contribution in [0.15, 0.2) is 35.2 Å². The first-order valence-electron chi connectivity index (χ1n) is 6.96. The van der Waals surface area contributed by atoms with E-state index in [1.54, 1.807) is 39.0 Å². The third-order valence-electron chi connectivity index (χ3n) is 2.87. The van der Waals surface area contributed by atoms with Gasteiger partial charge in [-0.15, -0.1) is 0 Å². The minimum absolute atomic E-state index is 0.0481. The molecule has 0 aliphatic heterocycles. The summed E-state index contributed by atoms with van der Waals surface area (Å²) in [6.07, 6.45) is 0.0580. The quantitative estimate of drug-likeness (QED) is 0.898. The summed E-state index contributed by atoms with van der Waals surface area (Å²) < 4.78 is 32.1. The Morgan fingerprint density at radius 1 is 1.17 bits per heavy atom. The molecule has 0 aliphatic carbocycles. The molecular formula is C15H17N3O4S. The summed E-state index contributed by atoms with van der Waals surface area (Å²) in [6.45, 7) is 5.13. The van der Waals surface area contributed by atoms with Gasteiger partial charge in [0, 0.05) is 17.8 Å².